The maximum absolute atomic E-state index is 5.11. The van der Waals surface area contributed by atoms with Crippen LogP contribution in [0.1, 0.15) is 72.5 Å². The highest BCUT2D eigenvalue weighted by atomic mass is 14.7. The highest BCUT2D eigenvalue weighted by molar-refractivity contribution is 5.78. The van der Waals surface area contributed by atoms with Crippen molar-refractivity contribution in [2.75, 3.05) is 0 Å². The maximum atomic E-state index is 5.11. The Morgan fingerprint density at radius 3 is 1.70 bits per heavy atom. The molecule has 0 saturated carbocycles. The van der Waals surface area contributed by atoms with Crippen molar-refractivity contribution >= 4 is 5.57 Å². The Morgan fingerprint density at radius 1 is 0.519 bits per heavy atom. The fourth-order valence-electron chi connectivity index (χ4n) is 7.22. The lowest BCUT2D eigenvalue weighted by Gasteiger charge is -2.22. The van der Waals surface area contributed by atoms with Gasteiger partial charge in [-0.15, -0.1) is 0 Å². The summed E-state index contributed by atoms with van der Waals surface area (Å²) in [4.78, 5) is 5.11. The van der Waals surface area contributed by atoms with E-state index < -0.39 is 0 Å². The predicted molar refractivity (Wildman–Crippen MR) is 234 cm³/mol. The number of rotatable bonds is 5. The molecule has 1 unspecified atom stereocenters. The van der Waals surface area contributed by atoms with Crippen LogP contribution in [-0.4, -0.2) is 4.98 Å². The molecule has 8 rings (SSSR count). The first-order valence-electron chi connectivity index (χ1n) is 19.3. The first kappa shape index (κ1) is 38.0. The highest BCUT2D eigenvalue weighted by Gasteiger charge is 2.18. The monoisotopic (exact) mass is 703 g/mol. The quantitative estimate of drug-likeness (QED) is 0.174. The number of nitrogens with zero attached hydrogens (tertiary/aromatic N) is 1. The molecule has 0 radical (unpaired) electrons. The molecule has 5 aromatic carbocycles. The largest absolute Gasteiger partial charge is 0.248 e. The van der Waals surface area contributed by atoms with Crippen LogP contribution in [0, 0.1) is 27.7 Å². The minimum absolute atomic E-state index is 0.473. The Hall–Kier alpha value is -5.79. The van der Waals surface area contributed by atoms with Crippen LogP contribution >= 0.6 is 0 Å². The Kier molecular flexibility index (Phi) is 12.9. The molecule has 1 nitrogen and oxygen atoms in total. The van der Waals surface area contributed by atoms with E-state index in [2.05, 4.69) is 193 Å². The first-order chi connectivity index (χ1) is 26.3. The third kappa shape index (κ3) is 9.79. The topological polar surface area (TPSA) is 12.9 Å². The molecule has 54 heavy (non-hydrogen) atoms. The number of benzene rings is 5. The molecule has 1 heteroatoms. The van der Waals surface area contributed by atoms with E-state index in [0.717, 1.165) is 30.7 Å². The summed E-state index contributed by atoms with van der Waals surface area (Å²) < 4.78 is 0. The summed E-state index contributed by atoms with van der Waals surface area (Å²) >= 11 is 0. The van der Waals surface area contributed by atoms with Crippen LogP contribution in [0.4, 0.5) is 0 Å². The maximum Gasteiger partial charge on any atom is 0.0737 e. The third-order valence-electron chi connectivity index (χ3n) is 10.4. The van der Waals surface area contributed by atoms with Gasteiger partial charge in [-0.25, -0.2) is 4.98 Å². The van der Waals surface area contributed by atoms with E-state index in [1.165, 1.54) is 72.4 Å². The third-order valence-corrected chi connectivity index (χ3v) is 10.4. The Balaban J connectivity index is 0.000000164. The fraction of sp³-hybridized carbons (Fsp3) is 0.189. The van der Waals surface area contributed by atoms with E-state index in [0.29, 0.717) is 5.92 Å². The van der Waals surface area contributed by atoms with Crippen LogP contribution in [0.25, 0.3) is 39.1 Å². The van der Waals surface area contributed by atoms with Gasteiger partial charge in [0, 0.05) is 11.5 Å². The Bertz CT molecular complexity index is 2230. The molecular formula is C53H53N. The van der Waals surface area contributed by atoms with Gasteiger partial charge in [-0.05, 0) is 129 Å². The predicted octanol–water partition coefficient (Wildman–Crippen LogP) is 14.8. The van der Waals surface area contributed by atoms with Crippen LogP contribution in [0.3, 0.4) is 0 Å². The normalized spacial score (nSPS) is 14.7. The number of aromatic nitrogens is 1. The summed E-state index contributed by atoms with van der Waals surface area (Å²) in [6, 6.07) is 49.3. The standard InChI is InChI=1S/C27H29N.C19H16.C7H8/c1-18-9-5-7-11-23(18)25-17-22(15-13-20(25)3)26-16-14-21(4)27(28-26)24-12-8-6-10-19(24)2;1-15-12-18(16-8-4-2-5-9-16)14-19(13-15)17-10-6-3-7-11-17;1-7-5-3-2-4-6-7/h5,7-9,12-17,23H,6,10-11H2,1-4H3;2-14H,1H3;2-6H,1H3. The Labute approximate surface area is 324 Å². The van der Waals surface area contributed by atoms with E-state index in [-0.39, 0.29) is 0 Å². The van der Waals surface area contributed by atoms with Crippen LogP contribution < -0.4 is 0 Å². The molecule has 1 heterocycles. The molecule has 0 aliphatic heterocycles. The number of allylic oxidation sites excluding steroid dienone is 8. The first-order valence-corrected chi connectivity index (χ1v) is 19.3. The molecule has 270 valence electrons. The van der Waals surface area contributed by atoms with E-state index in [4.69, 9.17) is 4.98 Å². The van der Waals surface area contributed by atoms with Crippen molar-refractivity contribution < 1.29 is 0 Å². The number of aryl methyl sites for hydroxylation is 4. The highest BCUT2D eigenvalue weighted by Crippen LogP contribution is 2.36. The summed E-state index contributed by atoms with van der Waals surface area (Å²) in [5.74, 6) is 0.473. The van der Waals surface area contributed by atoms with Crippen LogP contribution in [0.2, 0.25) is 0 Å². The minimum atomic E-state index is 0.473. The molecule has 1 atom stereocenters. The van der Waals surface area contributed by atoms with Crippen LogP contribution in [0.5, 0.6) is 0 Å². The smallest absolute Gasteiger partial charge is 0.0737 e. The minimum Gasteiger partial charge on any atom is -0.248 e. The fourth-order valence-corrected chi connectivity index (χ4v) is 7.22. The van der Waals surface area contributed by atoms with Crippen molar-refractivity contribution in [2.45, 2.75) is 66.7 Å². The number of hydrogen-bond donors (Lipinski definition) is 0. The molecule has 2 aliphatic rings. The summed E-state index contributed by atoms with van der Waals surface area (Å²) in [6.45, 7) is 13.1. The van der Waals surface area contributed by atoms with Crippen molar-refractivity contribution in [1.82, 2.24) is 4.98 Å². The van der Waals surface area contributed by atoms with Gasteiger partial charge in [0.15, 0.2) is 0 Å². The SMILES string of the molecule is CC1=CC=CCC1c1cc(-c2ccc(C)c(C3=C(C)CCC=C3)n2)ccc1C.Cc1cc(-c2ccccc2)cc(-c2ccccc2)c1.Cc1ccccc1. The summed E-state index contributed by atoms with van der Waals surface area (Å²) in [6.07, 6.45) is 14.6. The molecule has 0 fully saturated rings. The van der Waals surface area contributed by atoms with Gasteiger partial charge in [0.05, 0.1) is 11.4 Å². The van der Waals surface area contributed by atoms with Gasteiger partial charge < -0.3 is 0 Å². The zero-order valence-electron chi connectivity index (χ0n) is 32.8. The zero-order valence-corrected chi connectivity index (χ0v) is 32.8. The second-order valence-electron chi connectivity index (χ2n) is 14.7. The van der Waals surface area contributed by atoms with Crippen molar-refractivity contribution in [3.05, 3.63) is 215 Å². The van der Waals surface area contributed by atoms with Crippen molar-refractivity contribution in [2.24, 2.45) is 0 Å². The van der Waals surface area contributed by atoms with Gasteiger partial charge in [0.25, 0.3) is 0 Å². The van der Waals surface area contributed by atoms with E-state index in [1.807, 2.05) is 18.2 Å². The number of pyridine rings is 1. The van der Waals surface area contributed by atoms with E-state index in [9.17, 15) is 0 Å². The van der Waals surface area contributed by atoms with Crippen LogP contribution in [0.15, 0.2) is 181 Å². The van der Waals surface area contributed by atoms with Gasteiger partial charge in [0.2, 0.25) is 0 Å². The molecule has 2 aliphatic carbocycles. The second kappa shape index (κ2) is 18.3. The molecule has 0 spiro atoms. The molecular weight excluding hydrogens is 651 g/mol. The molecule has 0 saturated heterocycles. The van der Waals surface area contributed by atoms with Crippen molar-refractivity contribution in [3.8, 4) is 33.5 Å². The lowest BCUT2D eigenvalue weighted by molar-refractivity contribution is 0.791. The number of hydrogen-bond acceptors (Lipinski definition) is 1. The van der Waals surface area contributed by atoms with Crippen LogP contribution in [-0.2, 0) is 0 Å². The molecule has 0 amide bonds. The van der Waals surface area contributed by atoms with Gasteiger partial charge in [-0.3, -0.25) is 0 Å². The molecule has 0 N–H and O–H groups in total. The van der Waals surface area contributed by atoms with E-state index in [1.54, 1.807) is 0 Å². The van der Waals surface area contributed by atoms with E-state index >= 15 is 0 Å². The van der Waals surface area contributed by atoms with Gasteiger partial charge in [0.1, 0.15) is 0 Å². The zero-order chi connectivity index (χ0) is 37.9. The summed E-state index contributed by atoms with van der Waals surface area (Å²) in [7, 11) is 0. The van der Waals surface area contributed by atoms with Gasteiger partial charge in [-0.2, -0.15) is 0 Å². The molecule has 6 aromatic rings. The average Bonchev–Trinajstić information content (AvgIpc) is 3.20. The lowest BCUT2D eigenvalue weighted by Crippen LogP contribution is -2.05. The van der Waals surface area contributed by atoms with Crippen molar-refractivity contribution in [1.29, 1.82) is 0 Å². The van der Waals surface area contributed by atoms with Gasteiger partial charge >= 0.3 is 0 Å². The molecule has 1 aromatic heterocycles. The lowest BCUT2D eigenvalue weighted by atomic mass is 9.83. The van der Waals surface area contributed by atoms with Gasteiger partial charge in [-0.1, -0.05) is 168 Å². The Morgan fingerprint density at radius 2 is 1.13 bits per heavy atom. The summed E-state index contributed by atoms with van der Waals surface area (Å²) in [5, 5.41) is 0. The second-order valence-corrected chi connectivity index (χ2v) is 14.7. The average molecular weight is 704 g/mol. The van der Waals surface area contributed by atoms with Crippen molar-refractivity contribution in [3.63, 3.8) is 0 Å². The molecule has 0 bridgehead atoms. The summed E-state index contributed by atoms with van der Waals surface area (Å²) in [5.41, 5.74) is 19.3.